The Morgan fingerprint density at radius 1 is 1.41 bits per heavy atom. The summed E-state index contributed by atoms with van der Waals surface area (Å²) in [7, 11) is 3.22. The molecule has 17 heavy (non-hydrogen) atoms. The van der Waals surface area contributed by atoms with Crippen LogP contribution in [-0.4, -0.2) is 30.4 Å². The first-order valence-electron chi connectivity index (χ1n) is 6.00. The normalized spacial score (nSPS) is 16.6. The zero-order valence-corrected chi connectivity index (χ0v) is 10.3. The third-order valence-corrected chi connectivity index (χ3v) is 3.21. The van der Waals surface area contributed by atoms with Gasteiger partial charge < -0.3 is 14.6 Å². The fourth-order valence-corrected chi connectivity index (χ4v) is 2.03. The quantitative estimate of drug-likeness (QED) is 0.819. The summed E-state index contributed by atoms with van der Waals surface area (Å²) in [6.45, 7) is 0. The van der Waals surface area contributed by atoms with Crippen molar-refractivity contribution in [3.05, 3.63) is 18.0 Å². The number of hydrogen-bond acceptors (Lipinski definition) is 4. The van der Waals surface area contributed by atoms with Crippen LogP contribution < -0.4 is 9.47 Å². The van der Waals surface area contributed by atoms with Crippen LogP contribution in [0.2, 0.25) is 0 Å². The topological polar surface area (TPSA) is 51.6 Å². The first-order chi connectivity index (χ1) is 8.26. The Kier molecular flexibility index (Phi) is 3.84. The van der Waals surface area contributed by atoms with Crippen LogP contribution in [-0.2, 0) is 6.42 Å². The first kappa shape index (κ1) is 12.2. The first-order valence-corrected chi connectivity index (χ1v) is 6.00. The smallest absolute Gasteiger partial charge is 0.182 e. The van der Waals surface area contributed by atoms with Gasteiger partial charge in [0.2, 0.25) is 0 Å². The largest absolute Gasteiger partial charge is 0.493 e. The summed E-state index contributed by atoms with van der Waals surface area (Å²) in [5.74, 6) is 1.88. The molecule has 94 valence electrons. The number of aryl methyl sites for hydroxylation is 1. The van der Waals surface area contributed by atoms with E-state index in [0.717, 1.165) is 31.4 Å². The van der Waals surface area contributed by atoms with Crippen molar-refractivity contribution in [2.45, 2.75) is 31.8 Å². The number of pyridine rings is 1. The number of aromatic nitrogens is 1. The Labute approximate surface area is 102 Å². The van der Waals surface area contributed by atoms with Gasteiger partial charge in [-0.2, -0.15) is 0 Å². The molecule has 4 nitrogen and oxygen atoms in total. The zero-order valence-electron chi connectivity index (χ0n) is 10.3. The van der Waals surface area contributed by atoms with E-state index in [2.05, 4.69) is 4.98 Å². The van der Waals surface area contributed by atoms with E-state index in [4.69, 9.17) is 9.47 Å². The number of aliphatic hydroxyl groups excluding tert-OH is 1. The Morgan fingerprint density at radius 2 is 2.18 bits per heavy atom. The number of rotatable bonds is 6. The van der Waals surface area contributed by atoms with Crippen LogP contribution in [0.15, 0.2) is 12.3 Å². The highest BCUT2D eigenvalue weighted by Gasteiger charge is 2.29. The molecule has 1 atom stereocenters. The molecule has 1 aliphatic rings. The molecule has 0 aromatic carbocycles. The maximum Gasteiger partial charge on any atom is 0.182 e. The maximum atomic E-state index is 9.84. The van der Waals surface area contributed by atoms with Crippen molar-refractivity contribution >= 4 is 0 Å². The van der Waals surface area contributed by atoms with Crippen molar-refractivity contribution in [3.8, 4) is 11.5 Å². The third-order valence-electron chi connectivity index (χ3n) is 3.21. The van der Waals surface area contributed by atoms with E-state index in [-0.39, 0.29) is 6.10 Å². The lowest BCUT2D eigenvalue weighted by molar-refractivity contribution is 0.141. The van der Waals surface area contributed by atoms with Gasteiger partial charge in [0, 0.05) is 12.3 Å². The molecule has 1 aliphatic carbocycles. The third kappa shape index (κ3) is 2.88. The van der Waals surface area contributed by atoms with Crippen molar-refractivity contribution in [3.63, 3.8) is 0 Å². The molecular weight excluding hydrogens is 218 g/mol. The molecule has 1 aromatic rings. The predicted octanol–water partition coefficient (Wildman–Crippen LogP) is 1.80. The van der Waals surface area contributed by atoms with E-state index in [1.54, 1.807) is 26.5 Å². The van der Waals surface area contributed by atoms with Crippen LogP contribution in [0.4, 0.5) is 0 Å². The molecule has 1 heterocycles. The summed E-state index contributed by atoms with van der Waals surface area (Å²) < 4.78 is 10.5. The molecule has 2 rings (SSSR count). The average Bonchev–Trinajstić information content (AvgIpc) is 3.19. The maximum absolute atomic E-state index is 9.84. The molecule has 4 heteroatoms. The minimum atomic E-state index is -0.201. The molecule has 1 aromatic heterocycles. The van der Waals surface area contributed by atoms with Gasteiger partial charge in [0.25, 0.3) is 0 Å². The van der Waals surface area contributed by atoms with Crippen molar-refractivity contribution in [1.29, 1.82) is 0 Å². The van der Waals surface area contributed by atoms with E-state index in [0.29, 0.717) is 17.4 Å². The summed E-state index contributed by atoms with van der Waals surface area (Å²) >= 11 is 0. The molecule has 1 N–H and O–H groups in total. The van der Waals surface area contributed by atoms with Crippen LogP contribution >= 0.6 is 0 Å². The van der Waals surface area contributed by atoms with E-state index < -0.39 is 0 Å². The van der Waals surface area contributed by atoms with Crippen molar-refractivity contribution in [1.82, 2.24) is 4.98 Å². The van der Waals surface area contributed by atoms with Gasteiger partial charge >= 0.3 is 0 Å². The van der Waals surface area contributed by atoms with Gasteiger partial charge in [0.05, 0.1) is 26.0 Å². The molecule has 0 radical (unpaired) electrons. The van der Waals surface area contributed by atoms with Crippen LogP contribution in [0.5, 0.6) is 11.5 Å². The highest BCUT2D eigenvalue weighted by atomic mass is 16.5. The van der Waals surface area contributed by atoms with E-state index >= 15 is 0 Å². The van der Waals surface area contributed by atoms with E-state index in [1.165, 1.54) is 0 Å². The van der Waals surface area contributed by atoms with Gasteiger partial charge in [0.1, 0.15) is 0 Å². The molecule has 0 amide bonds. The molecular formula is C13H19NO3. The fourth-order valence-electron chi connectivity index (χ4n) is 2.03. The molecule has 0 spiro atoms. The predicted molar refractivity (Wildman–Crippen MR) is 64.4 cm³/mol. The number of hydrogen-bond donors (Lipinski definition) is 1. The Balaban J connectivity index is 2.03. The summed E-state index contributed by atoms with van der Waals surface area (Å²) in [5.41, 5.74) is 0.853. The second-order valence-corrected chi connectivity index (χ2v) is 4.44. The lowest BCUT2D eigenvalue weighted by Crippen LogP contribution is -2.11. The van der Waals surface area contributed by atoms with E-state index in [9.17, 15) is 5.11 Å². The minimum absolute atomic E-state index is 0.201. The Hall–Kier alpha value is -1.29. The molecule has 1 fully saturated rings. The zero-order chi connectivity index (χ0) is 12.3. The van der Waals surface area contributed by atoms with Gasteiger partial charge in [-0.1, -0.05) is 0 Å². The molecule has 0 bridgehead atoms. The number of aliphatic hydroxyl groups is 1. The minimum Gasteiger partial charge on any atom is -0.493 e. The second-order valence-electron chi connectivity index (χ2n) is 4.44. The number of ether oxygens (including phenoxy) is 2. The number of nitrogens with zero attached hydrogens (tertiary/aromatic N) is 1. The van der Waals surface area contributed by atoms with Gasteiger partial charge in [-0.25, -0.2) is 0 Å². The van der Waals surface area contributed by atoms with Crippen molar-refractivity contribution in [2.24, 2.45) is 5.92 Å². The lowest BCUT2D eigenvalue weighted by Gasteiger charge is -2.13. The van der Waals surface area contributed by atoms with Crippen LogP contribution in [0.3, 0.4) is 0 Å². The van der Waals surface area contributed by atoms with E-state index in [1.807, 2.05) is 0 Å². The Bertz CT molecular complexity index is 377. The molecule has 1 unspecified atom stereocenters. The molecule has 0 aliphatic heterocycles. The summed E-state index contributed by atoms with van der Waals surface area (Å²) in [4.78, 5) is 4.29. The standard InChI is InChI=1S/C13H19NO3/c1-16-12-7-8-14-10(13(12)17-2)5-6-11(15)9-3-4-9/h7-9,11,15H,3-6H2,1-2H3. The lowest BCUT2D eigenvalue weighted by atomic mass is 10.1. The van der Waals surface area contributed by atoms with Gasteiger partial charge in [-0.15, -0.1) is 0 Å². The monoisotopic (exact) mass is 237 g/mol. The van der Waals surface area contributed by atoms with Crippen LogP contribution in [0, 0.1) is 5.92 Å². The highest BCUT2D eigenvalue weighted by molar-refractivity contribution is 5.42. The van der Waals surface area contributed by atoms with Crippen molar-refractivity contribution in [2.75, 3.05) is 14.2 Å². The summed E-state index contributed by atoms with van der Waals surface area (Å²) in [6, 6.07) is 1.78. The summed E-state index contributed by atoms with van der Waals surface area (Å²) in [5, 5.41) is 9.84. The van der Waals surface area contributed by atoms with Gasteiger partial charge in [-0.3, -0.25) is 4.98 Å². The van der Waals surface area contributed by atoms with Crippen LogP contribution in [0.25, 0.3) is 0 Å². The number of methoxy groups -OCH3 is 2. The average molecular weight is 237 g/mol. The summed E-state index contributed by atoms with van der Waals surface area (Å²) in [6.07, 6.45) is 5.28. The highest BCUT2D eigenvalue weighted by Crippen LogP contribution is 2.35. The molecule has 0 saturated heterocycles. The van der Waals surface area contributed by atoms with Gasteiger partial charge in [0.15, 0.2) is 11.5 Å². The van der Waals surface area contributed by atoms with Crippen LogP contribution in [0.1, 0.15) is 25.0 Å². The van der Waals surface area contributed by atoms with Gasteiger partial charge in [-0.05, 0) is 31.6 Å². The fraction of sp³-hybridized carbons (Fsp3) is 0.615. The second kappa shape index (κ2) is 5.36. The SMILES string of the molecule is COc1ccnc(CCC(O)C2CC2)c1OC. The molecule has 1 saturated carbocycles. The Morgan fingerprint density at radius 3 is 2.76 bits per heavy atom. The van der Waals surface area contributed by atoms with Crippen molar-refractivity contribution < 1.29 is 14.6 Å².